The highest BCUT2D eigenvalue weighted by atomic mass is 19.2. The summed E-state index contributed by atoms with van der Waals surface area (Å²) in [5, 5.41) is 7.59. The van der Waals surface area contributed by atoms with Gasteiger partial charge in [0.05, 0.1) is 16.6 Å². The van der Waals surface area contributed by atoms with Crippen LogP contribution in [0.1, 0.15) is 41.5 Å². The second kappa shape index (κ2) is 6.23. The topological polar surface area (TPSA) is 59.8 Å². The van der Waals surface area contributed by atoms with Crippen LogP contribution in [0.3, 0.4) is 0 Å². The number of aromatic nitrogens is 3. The highest BCUT2D eigenvalue weighted by Crippen LogP contribution is 2.26. The summed E-state index contributed by atoms with van der Waals surface area (Å²) in [6.07, 6.45) is 0. The van der Waals surface area contributed by atoms with Crippen LogP contribution >= 0.6 is 0 Å². The van der Waals surface area contributed by atoms with Crippen molar-refractivity contribution in [2.45, 2.75) is 26.7 Å². The van der Waals surface area contributed by atoms with Gasteiger partial charge in [0.25, 0.3) is 5.91 Å². The number of hydrogen-bond acceptors (Lipinski definition) is 3. The second-order valence-electron chi connectivity index (χ2n) is 6.24. The van der Waals surface area contributed by atoms with Crippen LogP contribution in [0.2, 0.25) is 0 Å². The Morgan fingerprint density at radius 3 is 2.56 bits per heavy atom. The third kappa shape index (κ3) is 3.09. The Labute approximate surface area is 143 Å². The molecule has 0 aliphatic heterocycles. The van der Waals surface area contributed by atoms with E-state index >= 15 is 0 Å². The number of nitrogens with one attached hydrogen (secondary N) is 1. The number of pyridine rings is 1. The molecular formula is C18H18F2N4O. The number of carbonyl (C=O) groups excluding carboxylic acids is 1. The van der Waals surface area contributed by atoms with Gasteiger partial charge >= 0.3 is 0 Å². The van der Waals surface area contributed by atoms with Gasteiger partial charge in [0.2, 0.25) is 0 Å². The summed E-state index contributed by atoms with van der Waals surface area (Å²) in [5.74, 6) is -2.28. The third-order valence-electron chi connectivity index (χ3n) is 4.00. The molecule has 2 heterocycles. The molecule has 1 aromatic carbocycles. The van der Waals surface area contributed by atoms with Crippen molar-refractivity contribution in [3.8, 4) is 0 Å². The van der Waals surface area contributed by atoms with Crippen molar-refractivity contribution in [3.63, 3.8) is 0 Å². The van der Waals surface area contributed by atoms with Gasteiger partial charge < -0.3 is 5.32 Å². The zero-order chi connectivity index (χ0) is 18.3. The smallest absolute Gasteiger partial charge is 0.256 e. The molecule has 0 aliphatic carbocycles. The van der Waals surface area contributed by atoms with E-state index in [1.807, 2.05) is 13.8 Å². The first-order valence-corrected chi connectivity index (χ1v) is 7.88. The molecule has 0 unspecified atom stereocenters. The van der Waals surface area contributed by atoms with Crippen molar-refractivity contribution in [1.29, 1.82) is 0 Å². The van der Waals surface area contributed by atoms with Crippen molar-refractivity contribution >= 4 is 22.6 Å². The van der Waals surface area contributed by atoms with Crippen molar-refractivity contribution < 1.29 is 13.6 Å². The van der Waals surface area contributed by atoms with Crippen molar-refractivity contribution in [2.75, 3.05) is 5.32 Å². The average Bonchev–Trinajstić information content (AvgIpc) is 2.84. The van der Waals surface area contributed by atoms with E-state index in [1.165, 1.54) is 6.07 Å². The van der Waals surface area contributed by atoms with Gasteiger partial charge in [-0.25, -0.2) is 13.8 Å². The van der Waals surface area contributed by atoms with Crippen LogP contribution < -0.4 is 5.32 Å². The molecule has 2 aromatic heterocycles. The molecule has 25 heavy (non-hydrogen) atoms. The van der Waals surface area contributed by atoms with Gasteiger partial charge in [-0.1, -0.05) is 13.8 Å². The molecule has 0 radical (unpaired) electrons. The quantitative estimate of drug-likeness (QED) is 0.783. The first-order chi connectivity index (χ1) is 11.8. The summed E-state index contributed by atoms with van der Waals surface area (Å²) in [7, 11) is 1.77. The molecule has 0 bridgehead atoms. The van der Waals surface area contributed by atoms with Crippen LogP contribution in [0.25, 0.3) is 11.0 Å². The fourth-order valence-corrected chi connectivity index (χ4v) is 2.71. The van der Waals surface area contributed by atoms with Crippen LogP contribution in [-0.2, 0) is 7.05 Å². The van der Waals surface area contributed by atoms with Crippen molar-refractivity contribution in [1.82, 2.24) is 14.8 Å². The average molecular weight is 344 g/mol. The van der Waals surface area contributed by atoms with Gasteiger partial charge in [-0.15, -0.1) is 0 Å². The number of nitrogens with zero attached hydrogens (tertiary/aromatic N) is 3. The maximum absolute atomic E-state index is 13.4. The molecule has 7 heteroatoms. The SMILES string of the molecule is Cc1nn(C)c2nc(C(C)C)cc(C(=O)Nc3ccc(F)c(F)c3)c12. The number of carbonyl (C=O) groups is 1. The standard InChI is InChI=1S/C18H18F2N4O/c1-9(2)15-8-12(16-10(3)23-24(4)17(16)22-15)18(25)21-11-5-6-13(19)14(20)7-11/h5-9H,1-4H3,(H,21,25). The Kier molecular flexibility index (Phi) is 4.24. The maximum Gasteiger partial charge on any atom is 0.256 e. The number of rotatable bonds is 3. The van der Waals surface area contributed by atoms with Crippen LogP contribution in [0.4, 0.5) is 14.5 Å². The largest absolute Gasteiger partial charge is 0.322 e. The van der Waals surface area contributed by atoms with Crippen molar-refractivity contribution in [2.24, 2.45) is 7.05 Å². The maximum atomic E-state index is 13.4. The zero-order valence-corrected chi connectivity index (χ0v) is 14.4. The van der Waals surface area contributed by atoms with Crippen LogP contribution in [0, 0.1) is 18.6 Å². The number of fused-ring (bicyclic) bond motifs is 1. The fourth-order valence-electron chi connectivity index (χ4n) is 2.71. The molecule has 1 N–H and O–H groups in total. The monoisotopic (exact) mass is 344 g/mol. The van der Waals surface area contributed by atoms with Crippen LogP contribution in [-0.4, -0.2) is 20.7 Å². The molecule has 0 saturated carbocycles. The van der Waals surface area contributed by atoms with E-state index in [0.717, 1.165) is 17.8 Å². The minimum absolute atomic E-state index is 0.120. The fraction of sp³-hybridized carbons (Fsp3) is 0.278. The van der Waals surface area contributed by atoms with E-state index in [0.29, 0.717) is 22.3 Å². The van der Waals surface area contributed by atoms with Gasteiger partial charge in [0.1, 0.15) is 0 Å². The van der Waals surface area contributed by atoms with E-state index in [1.54, 1.807) is 24.7 Å². The van der Waals surface area contributed by atoms with E-state index in [-0.39, 0.29) is 11.6 Å². The minimum atomic E-state index is -1.02. The number of aryl methyl sites for hydroxylation is 2. The van der Waals surface area contributed by atoms with E-state index in [4.69, 9.17) is 0 Å². The highest BCUT2D eigenvalue weighted by Gasteiger charge is 2.20. The van der Waals surface area contributed by atoms with Gasteiger partial charge in [0.15, 0.2) is 17.3 Å². The summed E-state index contributed by atoms with van der Waals surface area (Å²) >= 11 is 0. The summed E-state index contributed by atoms with van der Waals surface area (Å²) in [4.78, 5) is 17.4. The molecule has 0 spiro atoms. The van der Waals surface area contributed by atoms with E-state index in [2.05, 4.69) is 15.4 Å². The minimum Gasteiger partial charge on any atom is -0.322 e. The molecule has 0 aliphatic rings. The Morgan fingerprint density at radius 1 is 1.20 bits per heavy atom. The predicted octanol–water partition coefficient (Wildman–Crippen LogP) is 3.93. The summed E-state index contributed by atoms with van der Waals surface area (Å²) < 4.78 is 28.1. The van der Waals surface area contributed by atoms with Gasteiger partial charge in [0, 0.05) is 24.5 Å². The lowest BCUT2D eigenvalue weighted by Gasteiger charge is -2.11. The Balaban J connectivity index is 2.09. The Morgan fingerprint density at radius 2 is 1.92 bits per heavy atom. The predicted molar refractivity (Wildman–Crippen MR) is 91.6 cm³/mol. The lowest BCUT2D eigenvalue weighted by Crippen LogP contribution is -2.14. The van der Waals surface area contributed by atoms with Gasteiger partial charge in [-0.05, 0) is 31.0 Å². The van der Waals surface area contributed by atoms with Gasteiger partial charge in [-0.3, -0.25) is 9.48 Å². The molecule has 5 nitrogen and oxygen atoms in total. The highest BCUT2D eigenvalue weighted by molar-refractivity contribution is 6.12. The Bertz CT molecular complexity index is 979. The Hall–Kier alpha value is -2.83. The molecule has 130 valence electrons. The normalized spacial score (nSPS) is 11.3. The molecular weight excluding hydrogens is 326 g/mol. The van der Waals surface area contributed by atoms with Crippen LogP contribution in [0.15, 0.2) is 24.3 Å². The molecule has 1 amide bonds. The van der Waals surface area contributed by atoms with E-state index < -0.39 is 17.5 Å². The van der Waals surface area contributed by atoms with Crippen LogP contribution in [0.5, 0.6) is 0 Å². The van der Waals surface area contributed by atoms with Gasteiger partial charge in [-0.2, -0.15) is 5.10 Å². The molecule has 3 rings (SSSR count). The number of benzene rings is 1. The second-order valence-corrected chi connectivity index (χ2v) is 6.24. The number of anilines is 1. The molecule has 0 fully saturated rings. The summed E-state index contributed by atoms with van der Waals surface area (Å²) in [6.45, 7) is 5.76. The number of halogens is 2. The molecule has 0 saturated heterocycles. The summed E-state index contributed by atoms with van der Waals surface area (Å²) in [6, 6.07) is 4.96. The molecule has 3 aromatic rings. The summed E-state index contributed by atoms with van der Waals surface area (Å²) in [5.41, 5.74) is 2.63. The first kappa shape index (κ1) is 17.0. The third-order valence-corrected chi connectivity index (χ3v) is 4.00. The number of hydrogen-bond donors (Lipinski definition) is 1. The first-order valence-electron chi connectivity index (χ1n) is 7.88. The lowest BCUT2D eigenvalue weighted by atomic mass is 10.0. The zero-order valence-electron chi connectivity index (χ0n) is 14.4. The lowest BCUT2D eigenvalue weighted by molar-refractivity contribution is 0.102. The van der Waals surface area contributed by atoms with Crippen molar-refractivity contribution in [3.05, 3.63) is 52.9 Å². The molecule has 0 atom stereocenters. The van der Waals surface area contributed by atoms with E-state index in [9.17, 15) is 13.6 Å². The number of amides is 1.